The molecule has 0 spiro atoms. The molecule has 1 rings (SSSR count). The lowest BCUT2D eigenvalue weighted by Gasteiger charge is -1.95. The standard InChI is InChI=1S/C12H17NS/c1-4-5-6-7-10(2)8-12-9-14-11(3)13-12/h4-5,8-9H,6-7H2,1-3H3/b5-4-,10-8+. The molecule has 0 aliphatic rings. The molecule has 1 aromatic heterocycles. The molecule has 14 heavy (non-hydrogen) atoms. The van der Waals surface area contributed by atoms with Crippen molar-refractivity contribution in [2.75, 3.05) is 0 Å². The van der Waals surface area contributed by atoms with Gasteiger partial charge in [-0.05, 0) is 39.7 Å². The summed E-state index contributed by atoms with van der Waals surface area (Å²) in [6.07, 6.45) is 8.72. The van der Waals surface area contributed by atoms with Crippen molar-refractivity contribution in [1.29, 1.82) is 0 Å². The molecular formula is C12H17NS. The van der Waals surface area contributed by atoms with E-state index in [0.717, 1.165) is 23.5 Å². The SMILES string of the molecule is C/C=C\CC/C(C)=C/c1csc(C)n1. The summed E-state index contributed by atoms with van der Waals surface area (Å²) in [6.45, 7) is 6.26. The van der Waals surface area contributed by atoms with Gasteiger partial charge >= 0.3 is 0 Å². The second-order valence-corrected chi connectivity index (χ2v) is 4.45. The topological polar surface area (TPSA) is 12.9 Å². The molecule has 0 saturated heterocycles. The van der Waals surface area contributed by atoms with Crippen molar-refractivity contribution in [1.82, 2.24) is 4.98 Å². The minimum Gasteiger partial charge on any atom is -0.242 e. The van der Waals surface area contributed by atoms with Gasteiger partial charge in [0, 0.05) is 5.38 Å². The fraction of sp³-hybridized carbons (Fsp3) is 0.417. The quantitative estimate of drug-likeness (QED) is 0.674. The number of rotatable bonds is 4. The number of thiazole rings is 1. The predicted molar refractivity (Wildman–Crippen MR) is 64.6 cm³/mol. The fourth-order valence-electron chi connectivity index (χ4n) is 1.25. The summed E-state index contributed by atoms with van der Waals surface area (Å²) in [7, 11) is 0. The van der Waals surface area contributed by atoms with Gasteiger partial charge in [0.1, 0.15) is 0 Å². The van der Waals surface area contributed by atoms with E-state index in [1.54, 1.807) is 11.3 Å². The van der Waals surface area contributed by atoms with Crippen LogP contribution in [-0.2, 0) is 0 Å². The van der Waals surface area contributed by atoms with Crippen molar-refractivity contribution in [3.8, 4) is 0 Å². The molecule has 0 N–H and O–H groups in total. The van der Waals surface area contributed by atoms with Crippen LogP contribution in [0.25, 0.3) is 6.08 Å². The Labute approximate surface area is 90.2 Å². The van der Waals surface area contributed by atoms with Gasteiger partial charge in [-0.15, -0.1) is 11.3 Å². The summed E-state index contributed by atoms with van der Waals surface area (Å²) >= 11 is 1.71. The Morgan fingerprint density at radius 1 is 1.57 bits per heavy atom. The summed E-state index contributed by atoms with van der Waals surface area (Å²) < 4.78 is 0. The lowest BCUT2D eigenvalue weighted by Crippen LogP contribution is -1.78. The zero-order valence-electron chi connectivity index (χ0n) is 9.08. The van der Waals surface area contributed by atoms with Gasteiger partial charge < -0.3 is 0 Å². The highest BCUT2D eigenvalue weighted by molar-refractivity contribution is 7.09. The molecule has 0 atom stereocenters. The minimum absolute atomic E-state index is 1.10. The van der Waals surface area contributed by atoms with E-state index in [4.69, 9.17) is 0 Å². The number of hydrogen-bond donors (Lipinski definition) is 0. The number of aromatic nitrogens is 1. The first kappa shape index (κ1) is 11.2. The molecule has 0 bridgehead atoms. The Balaban J connectivity index is 2.51. The highest BCUT2D eigenvalue weighted by Gasteiger charge is 1.95. The van der Waals surface area contributed by atoms with E-state index in [2.05, 4.69) is 42.4 Å². The third kappa shape index (κ3) is 3.88. The first-order valence-corrected chi connectivity index (χ1v) is 5.81. The summed E-state index contributed by atoms with van der Waals surface area (Å²) in [5, 5.41) is 3.24. The van der Waals surface area contributed by atoms with Gasteiger partial charge in [0.25, 0.3) is 0 Å². The maximum atomic E-state index is 4.40. The lowest BCUT2D eigenvalue weighted by molar-refractivity contribution is 0.983. The first-order chi connectivity index (χ1) is 6.72. The van der Waals surface area contributed by atoms with Crippen LogP contribution < -0.4 is 0 Å². The van der Waals surface area contributed by atoms with E-state index in [9.17, 15) is 0 Å². The second-order valence-electron chi connectivity index (χ2n) is 3.39. The summed E-state index contributed by atoms with van der Waals surface area (Å²) in [4.78, 5) is 4.40. The van der Waals surface area contributed by atoms with Crippen LogP contribution in [0.5, 0.6) is 0 Å². The monoisotopic (exact) mass is 207 g/mol. The van der Waals surface area contributed by atoms with E-state index < -0.39 is 0 Å². The van der Waals surface area contributed by atoms with Gasteiger partial charge in [0.2, 0.25) is 0 Å². The van der Waals surface area contributed by atoms with Crippen LogP contribution in [0.4, 0.5) is 0 Å². The van der Waals surface area contributed by atoms with Crippen molar-refractivity contribution in [3.63, 3.8) is 0 Å². The maximum Gasteiger partial charge on any atom is 0.0901 e. The smallest absolute Gasteiger partial charge is 0.0901 e. The molecule has 1 nitrogen and oxygen atoms in total. The molecule has 76 valence electrons. The van der Waals surface area contributed by atoms with Gasteiger partial charge in [0.15, 0.2) is 0 Å². The molecule has 1 heterocycles. The molecule has 0 fully saturated rings. The van der Waals surface area contributed by atoms with Gasteiger partial charge in [-0.1, -0.05) is 17.7 Å². The summed E-state index contributed by atoms with van der Waals surface area (Å²) in [5.41, 5.74) is 2.50. The van der Waals surface area contributed by atoms with E-state index in [-0.39, 0.29) is 0 Å². The van der Waals surface area contributed by atoms with Crippen LogP contribution in [-0.4, -0.2) is 4.98 Å². The zero-order valence-corrected chi connectivity index (χ0v) is 9.90. The van der Waals surface area contributed by atoms with Crippen LogP contribution in [0.1, 0.15) is 37.4 Å². The molecule has 0 aliphatic heterocycles. The highest BCUT2D eigenvalue weighted by Crippen LogP contribution is 2.14. The molecule has 0 amide bonds. The van der Waals surface area contributed by atoms with Crippen molar-refractivity contribution >= 4 is 17.4 Å². The Hall–Kier alpha value is -0.890. The average Bonchev–Trinajstić information content (AvgIpc) is 2.52. The maximum absolute atomic E-state index is 4.40. The zero-order chi connectivity index (χ0) is 10.4. The fourth-order valence-corrected chi connectivity index (χ4v) is 1.82. The third-order valence-electron chi connectivity index (χ3n) is 1.97. The van der Waals surface area contributed by atoms with Gasteiger partial charge in [-0.2, -0.15) is 0 Å². The number of allylic oxidation sites excluding steroid dienone is 3. The molecule has 0 saturated carbocycles. The molecular weight excluding hydrogens is 190 g/mol. The van der Waals surface area contributed by atoms with Gasteiger partial charge in [-0.3, -0.25) is 0 Å². The number of hydrogen-bond acceptors (Lipinski definition) is 2. The average molecular weight is 207 g/mol. The highest BCUT2D eigenvalue weighted by atomic mass is 32.1. The molecule has 2 heteroatoms. The Bertz CT molecular complexity index is 334. The molecule has 0 aliphatic carbocycles. The molecule has 0 radical (unpaired) electrons. The third-order valence-corrected chi connectivity index (χ3v) is 2.76. The van der Waals surface area contributed by atoms with E-state index >= 15 is 0 Å². The minimum atomic E-state index is 1.10. The van der Waals surface area contributed by atoms with Crippen molar-refractivity contribution in [2.24, 2.45) is 0 Å². The summed E-state index contributed by atoms with van der Waals surface area (Å²) in [6, 6.07) is 0. The van der Waals surface area contributed by atoms with Crippen LogP contribution in [0, 0.1) is 6.92 Å². The van der Waals surface area contributed by atoms with E-state index in [1.807, 2.05) is 6.92 Å². The normalized spacial score (nSPS) is 12.6. The number of nitrogens with zero attached hydrogens (tertiary/aromatic N) is 1. The Morgan fingerprint density at radius 3 is 2.93 bits per heavy atom. The van der Waals surface area contributed by atoms with Gasteiger partial charge in [0.05, 0.1) is 10.7 Å². The van der Waals surface area contributed by atoms with Crippen LogP contribution in [0.2, 0.25) is 0 Å². The van der Waals surface area contributed by atoms with E-state index in [0.29, 0.717) is 0 Å². The Morgan fingerprint density at radius 2 is 2.36 bits per heavy atom. The van der Waals surface area contributed by atoms with Crippen molar-refractivity contribution < 1.29 is 0 Å². The van der Waals surface area contributed by atoms with Crippen LogP contribution in [0.3, 0.4) is 0 Å². The van der Waals surface area contributed by atoms with E-state index in [1.165, 1.54) is 5.57 Å². The molecule has 0 aromatic carbocycles. The van der Waals surface area contributed by atoms with Crippen molar-refractivity contribution in [3.05, 3.63) is 33.8 Å². The predicted octanol–water partition coefficient (Wildman–Crippen LogP) is 4.21. The molecule has 0 unspecified atom stereocenters. The van der Waals surface area contributed by atoms with Crippen LogP contribution >= 0.6 is 11.3 Å². The molecule has 1 aromatic rings. The largest absolute Gasteiger partial charge is 0.242 e. The van der Waals surface area contributed by atoms with Gasteiger partial charge in [-0.25, -0.2) is 4.98 Å². The van der Waals surface area contributed by atoms with Crippen LogP contribution in [0.15, 0.2) is 23.1 Å². The number of aryl methyl sites for hydroxylation is 1. The summed E-state index contributed by atoms with van der Waals surface area (Å²) in [5.74, 6) is 0. The Kier molecular flexibility index (Phi) is 4.60. The second kappa shape index (κ2) is 5.76. The van der Waals surface area contributed by atoms with Crippen molar-refractivity contribution in [2.45, 2.75) is 33.6 Å². The first-order valence-electron chi connectivity index (χ1n) is 4.93. The lowest BCUT2D eigenvalue weighted by atomic mass is 10.1.